The first-order chi connectivity index (χ1) is 21.4. The van der Waals surface area contributed by atoms with Gasteiger partial charge in [0.25, 0.3) is 0 Å². The number of fused-ring (bicyclic) bond motifs is 2. The van der Waals surface area contributed by atoms with E-state index in [0.717, 1.165) is 29.3 Å². The van der Waals surface area contributed by atoms with E-state index < -0.39 is 49.5 Å². The van der Waals surface area contributed by atoms with Crippen LogP contribution in [0.25, 0.3) is 10.9 Å². The van der Waals surface area contributed by atoms with E-state index >= 15 is 0 Å². The van der Waals surface area contributed by atoms with Gasteiger partial charge in [-0.25, -0.2) is 0 Å². The standard InChI is InChI=1S/C31H46N5O8P/c1-4-20(2)27-31(40)35-16-10-9-15-26(35)30(39)32-23(13-6-5-11-17-45(41,42)43)28(37)33-24(29(38)34-27)18-21-19-36(44-3)25-14-8-7-12-22(21)25/h7-8,12,14,19-20,23-24,26-27H,4-6,9-11,13,15-18H2,1-3H3,(H,32,39)(H,33,37)(H,34,38)(H2,41,42,43)/p-1/t20?,23-,24-,26+,27-/m0/s1. The van der Waals surface area contributed by atoms with Gasteiger partial charge < -0.3 is 40.0 Å². The van der Waals surface area contributed by atoms with E-state index in [0.29, 0.717) is 32.2 Å². The molecule has 2 unspecified atom stereocenters. The Labute approximate surface area is 263 Å². The summed E-state index contributed by atoms with van der Waals surface area (Å²) >= 11 is 0. The van der Waals surface area contributed by atoms with Crippen LogP contribution in [0.5, 0.6) is 0 Å². The molecule has 2 fully saturated rings. The largest absolute Gasteiger partial charge is 0.779 e. The van der Waals surface area contributed by atoms with Crippen LogP contribution in [-0.4, -0.2) is 82.1 Å². The Morgan fingerprint density at radius 2 is 1.73 bits per heavy atom. The number of hydrogen-bond acceptors (Lipinski definition) is 7. The molecule has 0 saturated carbocycles. The van der Waals surface area contributed by atoms with Crippen molar-refractivity contribution in [2.45, 2.75) is 95.8 Å². The van der Waals surface area contributed by atoms with E-state index in [-0.39, 0.29) is 37.2 Å². The molecule has 0 spiro atoms. The lowest BCUT2D eigenvalue weighted by Crippen LogP contribution is -2.64. The predicted octanol–water partition coefficient (Wildman–Crippen LogP) is 1.24. The molecule has 0 bridgehead atoms. The maximum atomic E-state index is 14.0. The van der Waals surface area contributed by atoms with Crippen molar-refractivity contribution in [3.8, 4) is 0 Å². The summed E-state index contributed by atoms with van der Waals surface area (Å²) in [5.74, 6) is -2.04. The molecule has 2 aromatic rings. The summed E-state index contributed by atoms with van der Waals surface area (Å²) in [4.78, 5) is 82.7. The minimum Gasteiger partial charge on any atom is -0.779 e. The Hall–Kier alpha value is -3.41. The minimum absolute atomic E-state index is 0.0954. The van der Waals surface area contributed by atoms with E-state index in [1.165, 1.54) is 7.11 Å². The van der Waals surface area contributed by atoms with E-state index in [4.69, 9.17) is 9.73 Å². The second-order valence-corrected chi connectivity index (χ2v) is 13.9. The number of aromatic nitrogens is 1. The fourth-order valence-corrected chi connectivity index (χ4v) is 6.81. The Morgan fingerprint density at radius 3 is 2.44 bits per heavy atom. The normalized spacial score (nSPS) is 25.2. The fourth-order valence-electron chi connectivity index (χ4n) is 6.19. The molecule has 4 amide bonds. The van der Waals surface area contributed by atoms with Gasteiger partial charge in [-0.15, -0.1) is 0 Å². The number of unbranched alkanes of at least 4 members (excludes halogenated alkanes) is 2. The van der Waals surface area contributed by atoms with Gasteiger partial charge in [0.05, 0.1) is 5.52 Å². The number of nitrogens with zero attached hydrogens (tertiary/aromatic N) is 2. The third-order valence-electron chi connectivity index (χ3n) is 8.95. The maximum absolute atomic E-state index is 14.0. The number of nitrogens with one attached hydrogen (secondary N) is 3. The molecule has 0 radical (unpaired) electrons. The molecule has 4 rings (SSSR count). The number of benzene rings is 1. The summed E-state index contributed by atoms with van der Waals surface area (Å²) in [6.07, 6.45) is 5.17. The number of rotatable bonds is 11. The lowest BCUT2D eigenvalue weighted by molar-refractivity contribution is -0.193. The zero-order valence-electron chi connectivity index (χ0n) is 26.2. The smallest absolute Gasteiger partial charge is 0.246 e. The Bertz CT molecular complexity index is 1420. The number of amides is 4. The zero-order chi connectivity index (χ0) is 32.7. The molecule has 45 heavy (non-hydrogen) atoms. The molecular weight excluding hydrogens is 601 g/mol. The van der Waals surface area contributed by atoms with Crippen molar-refractivity contribution in [3.05, 3.63) is 36.0 Å². The number of hydrogen-bond donors (Lipinski definition) is 4. The average Bonchev–Trinajstić information content (AvgIpc) is 3.38. The molecule has 13 nitrogen and oxygen atoms in total. The minimum atomic E-state index is -4.39. The molecule has 2 saturated heterocycles. The molecule has 1 aromatic carbocycles. The van der Waals surface area contributed by atoms with Gasteiger partial charge >= 0.3 is 0 Å². The van der Waals surface area contributed by atoms with E-state index in [1.54, 1.807) is 15.8 Å². The first kappa shape index (κ1) is 34.5. The topological polar surface area (TPSA) is 182 Å². The number of carbonyl (C=O) groups is 4. The van der Waals surface area contributed by atoms with Crippen LogP contribution < -0.4 is 25.7 Å². The monoisotopic (exact) mass is 646 g/mol. The van der Waals surface area contributed by atoms with Crippen LogP contribution in [0.3, 0.4) is 0 Å². The summed E-state index contributed by atoms with van der Waals surface area (Å²) in [6.45, 7) is 4.18. The summed E-state index contributed by atoms with van der Waals surface area (Å²) in [5, 5.41) is 9.47. The number of piperidine rings is 1. The van der Waals surface area contributed by atoms with Gasteiger partial charge in [-0.05, 0) is 49.7 Å². The molecule has 1 aromatic heterocycles. The van der Waals surface area contributed by atoms with Crippen molar-refractivity contribution >= 4 is 42.1 Å². The van der Waals surface area contributed by atoms with Crippen LogP contribution in [0.4, 0.5) is 0 Å². The lowest BCUT2D eigenvalue weighted by Gasteiger charge is -2.39. The van der Waals surface area contributed by atoms with E-state index in [1.807, 2.05) is 38.1 Å². The second kappa shape index (κ2) is 15.2. The van der Waals surface area contributed by atoms with Crippen molar-refractivity contribution in [1.82, 2.24) is 25.6 Å². The van der Waals surface area contributed by atoms with Gasteiger partial charge in [0.15, 0.2) is 0 Å². The predicted molar refractivity (Wildman–Crippen MR) is 166 cm³/mol. The van der Waals surface area contributed by atoms with Gasteiger partial charge in [0.1, 0.15) is 38.9 Å². The van der Waals surface area contributed by atoms with Crippen LogP contribution in [0.15, 0.2) is 30.5 Å². The number of para-hydroxylation sites is 1. The van der Waals surface area contributed by atoms with E-state index in [2.05, 4.69) is 16.0 Å². The highest BCUT2D eigenvalue weighted by molar-refractivity contribution is 7.50. The van der Waals surface area contributed by atoms with Crippen molar-refractivity contribution < 1.29 is 38.4 Å². The van der Waals surface area contributed by atoms with Crippen molar-refractivity contribution in [1.29, 1.82) is 0 Å². The van der Waals surface area contributed by atoms with Crippen molar-refractivity contribution in [2.75, 3.05) is 19.8 Å². The van der Waals surface area contributed by atoms with Crippen molar-refractivity contribution in [2.24, 2.45) is 5.92 Å². The fraction of sp³-hybridized carbons (Fsp3) is 0.613. The summed E-state index contributed by atoms with van der Waals surface area (Å²) < 4.78 is 12.7. The molecular formula is C31H45N5O8P-. The van der Waals surface area contributed by atoms with Crippen LogP contribution in [0.1, 0.15) is 70.8 Å². The molecule has 4 N–H and O–H groups in total. The SMILES string of the molecule is CCC(C)[C@@H]1NC(=O)[C@H](Cc2cn(OC)c3ccccc23)NC(=O)[C@H](CCCCCP(=O)([O-])O)NC(=O)[C@H]2CCCCN2C1=O. The van der Waals surface area contributed by atoms with Gasteiger partial charge in [0.2, 0.25) is 23.6 Å². The molecule has 6 atom stereocenters. The molecule has 2 aliphatic heterocycles. The average molecular weight is 647 g/mol. The highest BCUT2D eigenvalue weighted by Crippen LogP contribution is 2.30. The molecule has 14 heteroatoms. The maximum Gasteiger partial charge on any atom is 0.246 e. The van der Waals surface area contributed by atoms with Crippen LogP contribution in [0, 0.1) is 5.92 Å². The third kappa shape index (κ3) is 8.65. The quantitative estimate of drug-likeness (QED) is 0.208. The van der Waals surface area contributed by atoms with Gasteiger partial charge in [0, 0.05) is 30.7 Å². The highest BCUT2D eigenvalue weighted by atomic mass is 31.2. The Balaban J connectivity index is 1.67. The lowest BCUT2D eigenvalue weighted by atomic mass is 9.93. The molecule has 2 aliphatic rings. The summed E-state index contributed by atoms with van der Waals surface area (Å²) in [5.41, 5.74) is 1.53. The third-order valence-corrected chi connectivity index (χ3v) is 9.83. The first-order valence-corrected chi connectivity index (χ1v) is 17.6. The molecule has 248 valence electrons. The van der Waals surface area contributed by atoms with Crippen molar-refractivity contribution in [3.63, 3.8) is 0 Å². The summed E-state index contributed by atoms with van der Waals surface area (Å²) in [7, 11) is -2.86. The van der Waals surface area contributed by atoms with Crippen LogP contribution >= 0.6 is 7.60 Å². The Morgan fingerprint density at radius 1 is 1.02 bits per heavy atom. The molecule has 3 heterocycles. The number of carbonyl (C=O) groups excluding carboxylic acids is 4. The van der Waals surface area contributed by atoms with Crippen LogP contribution in [-0.2, 0) is 30.2 Å². The van der Waals surface area contributed by atoms with Crippen LogP contribution in [0.2, 0.25) is 0 Å². The van der Waals surface area contributed by atoms with Gasteiger partial charge in [-0.1, -0.05) is 51.3 Å². The zero-order valence-corrected chi connectivity index (χ0v) is 27.1. The van der Waals surface area contributed by atoms with Gasteiger partial charge in [-0.2, -0.15) is 4.73 Å². The van der Waals surface area contributed by atoms with E-state index in [9.17, 15) is 28.6 Å². The summed E-state index contributed by atoms with van der Waals surface area (Å²) in [6, 6.07) is 3.75. The second-order valence-electron chi connectivity index (χ2n) is 12.1. The molecule has 0 aliphatic carbocycles. The first-order valence-electron chi connectivity index (χ1n) is 15.8. The highest BCUT2D eigenvalue weighted by Gasteiger charge is 2.40. The Kier molecular flexibility index (Phi) is 11.7. The van der Waals surface area contributed by atoms with Gasteiger partial charge in [-0.3, -0.25) is 19.2 Å².